The summed E-state index contributed by atoms with van der Waals surface area (Å²) in [6.07, 6.45) is 2.22. The molecule has 0 spiro atoms. The number of benzene rings is 2. The first-order chi connectivity index (χ1) is 9.81. The Balaban J connectivity index is 1.90. The smallest absolute Gasteiger partial charge is 0.227 e. The minimum atomic E-state index is 0.707. The Bertz CT molecular complexity index is 794. The fourth-order valence-electron chi connectivity index (χ4n) is 2.73. The Kier molecular flexibility index (Phi) is 2.77. The second-order valence-electron chi connectivity index (χ2n) is 4.99. The number of fused-ring (bicyclic) bond motifs is 2. The number of hydrogen-bond donors (Lipinski definition) is 1. The number of nitrogens with one attached hydrogen (secondary N) is 1. The van der Waals surface area contributed by atoms with Gasteiger partial charge in [0, 0.05) is 22.3 Å². The van der Waals surface area contributed by atoms with Crippen LogP contribution in [-0.2, 0) is 6.42 Å². The summed E-state index contributed by atoms with van der Waals surface area (Å²) in [4.78, 5) is 4.63. The van der Waals surface area contributed by atoms with Crippen LogP contribution in [0, 0.1) is 0 Å². The number of rotatable bonds is 1. The SMILES string of the molecule is Brc1ccc2oc(-c3cccc4c3CCCN4)nc2c1. The average molecular weight is 329 g/mol. The summed E-state index contributed by atoms with van der Waals surface area (Å²) in [6.45, 7) is 1.04. The van der Waals surface area contributed by atoms with E-state index in [1.54, 1.807) is 0 Å². The lowest BCUT2D eigenvalue weighted by atomic mass is 9.97. The summed E-state index contributed by atoms with van der Waals surface area (Å²) in [5.74, 6) is 0.707. The Morgan fingerprint density at radius 1 is 1.20 bits per heavy atom. The molecule has 1 N–H and O–H groups in total. The van der Waals surface area contributed by atoms with Gasteiger partial charge in [-0.1, -0.05) is 22.0 Å². The fourth-order valence-corrected chi connectivity index (χ4v) is 3.08. The van der Waals surface area contributed by atoms with Gasteiger partial charge >= 0.3 is 0 Å². The first-order valence-corrected chi connectivity index (χ1v) is 7.53. The molecule has 0 fully saturated rings. The number of nitrogens with zero attached hydrogens (tertiary/aromatic N) is 1. The average Bonchev–Trinajstić information content (AvgIpc) is 2.89. The molecule has 0 amide bonds. The third kappa shape index (κ3) is 1.91. The van der Waals surface area contributed by atoms with Crippen molar-refractivity contribution in [2.24, 2.45) is 0 Å². The molecule has 1 aliphatic rings. The van der Waals surface area contributed by atoms with Crippen LogP contribution in [-0.4, -0.2) is 11.5 Å². The van der Waals surface area contributed by atoms with E-state index in [4.69, 9.17) is 4.42 Å². The molecule has 4 heteroatoms. The van der Waals surface area contributed by atoms with Crippen LogP contribution in [0.1, 0.15) is 12.0 Å². The predicted molar refractivity (Wildman–Crippen MR) is 84.0 cm³/mol. The number of aromatic nitrogens is 1. The molecule has 0 unspecified atom stereocenters. The lowest BCUT2D eigenvalue weighted by Gasteiger charge is -2.19. The Morgan fingerprint density at radius 3 is 3.10 bits per heavy atom. The predicted octanol–water partition coefficient (Wildman–Crippen LogP) is 4.62. The van der Waals surface area contributed by atoms with Crippen molar-refractivity contribution in [1.82, 2.24) is 4.98 Å². The molecule has 0 saturated heterocycles. The molecule has 0 saturated carbocycles. The zero-order valence-corrected chi connectivity index (χ0v) is 12.4. The van der Waals surface area contributed by atoms with E-state index in [1.165, 1.54) is 11.3 Å². The Morgan fingerprint density at radius 2 is 2.15 bits per heavy atom. The number of oxazole rings is 1. The largest absolute Gasteiger partial charge is 0.436 e. The first-order valence-electron chi connectivity index (χ1n) is 6.73. The van der Waals surface area contributed by atoms with E-state index >= 15 is 0 Å². The van der Waals surface area contributed by atoms with Crippen LogP contribution in [0.15, 0.2) is 45.3 Å². The van der Waals surface area contributed by atoms with E-state index in [9.17, 15) is 0 Å². The zero-order chi connectivity index (χ0) is 13.5. The summed E-state index contributed by atoms with van der Waals surface area (Å²) in [7, 11) is 0. The molecular weight excluding hydrogens is 316 g/mol. The summed E-state index contributed by atoms with van der Waals surface area (Å²) in [5.41, 5.74) is 5.32. The van der Waals surface area contributed by atoms with Gasteiger partial charge in [0.1, 0.15) is 5.52 Å². The lowest BCUT2D eigenvalue weighted by molar-refractivity contribution is 0.618. The van der Waals surface area contributed by atoms with Gasteiger partial charge in [0.15, 0.2) is 5.58 Å². The van der Waals surface area contributed by atoms with Crippen molar-refractivity contribution in [3.05, 3.63) is 46.4 Å². The van der Waals surface area contributed by atoms with E-state index in [0.29, 0.717) is 5.89 Å². The number of halogens is 1. The maximum atomic E-state index is 5.92. The van der Waals surface area contributed by atoms with E-state index in [2.05, 4.69) is 44.4 Å². The minimum Gasteiger partial charge on any atom is -0.436 e. The quantitative estimate of drug-likeness (QED) is 0.708. The van der Waals surface area contributed by atoms with Crippen molar-refractivity contribution < 1.29 is 4.42 Å². The van der Waals surface area contributed by atoms with Crippen LogP contribution in [0.4, 0.5) is 5.69 Å². The second kappa shape index (κ2) is 4.63. The maximum absolute atomic E-state index is 5.92. The topological polar surface area (TPSA) is 38.1 Å². The molecule has 100 valence electrons. The van der Waals surface area contributed by atoms with Crippen molar-refractivity contribution in [1.29, 1.82) is 0 Å². The third-order valence-electron chi connectivity index (χ3n) is 3.68. The molecule has 3 aromatic rings. The van der Waals surface area contributed by atoms with Crippen LogP contribution < -0.4 is 5.32 Å². The molecule has 3 nitrogen and oxygen atoms in total. The fraction of sp³-hybridized carbons (Fsp3) is 0.188. The lowest BCUT2D eigenvalue weighted by Crippen LogP contribution is -2.12. The van der Waals surface area contributed by atoms with E-state index in [1.807, 2.05) is 18.2 Å². The van der Waals surface area contributed by atoms with Crippen molar-refractivity contribution in [2.75, 3.05) is 11.9 Å². The molecule has 4 rings (SSSR count). The highest BCUT2D eigenvalue weighted by Crippen LogP contribution is 2.34. The van der Waals surface area contributed by atoms with Gasteiger partial charge < -0.3 is 9.73 Å². The van der Waals surface area contributed by atoms with Gasteiger partial charge in [-0.3, -0.25) is 0 Å². The Labute approximate surface area is 125 Å². The molecule has 0 bridgehead atoms. The van der Waals surface area contributed by atoms with Crippen LogP contribution in [0.2, 0.25) is 0 Å². The molecule has 1 aliphatic heterocycles. The molecule has 1 aromatic heterocycles. The summed E-state index contributed by atoms with van der Waals surface area (Å²) < 4.78 is 6.93. The van der Waals surface area contributed by atoms with Crippen molar-refractivity contribution >= 4 is 32.7 Å². The molecule has 0 atom stereocenters. The van der Waals surface area contributed by atoms with Gasteiger partial charge in [-0.2, -0.15) is 0 Å². The summed E-state index contributed by atoms with van der Waals surface area (Å²) in [6, 6.07) is 12.2. The second-order valence-corrected chi connectivity index (χ2v) is 5.91. The molecule has 20 heavy (non-hydrogen) atoms. The molecule has 0 aliphatic carbocycles. The summed E-state index contributed by atoms with van der Waals surface area (Å²) >= 11 is 3.47. The number of anilines is 1. The number of hydrogen-bond acceptors (Lipinski definition) is 3. The van der Waals surface area contributed by atoms with Crippen molar-refractivity contribution in [3.63, 3.8) is 0 Å². The highest BCUT2D eigenvalue weighted by molar-refractivity contribution is 9.10. The van der Waals surface area contributed by atoms with Gasteiger partial charge in [0.05, 0.1) is 0 Å². The normalized spacial score (nSPS) is 14.1. The van der Waals surface area contributed by atoms with Crippen molar-refractivity contribution in [3.8, 4) is 11.5 Å². The van der Waals surface area contributed by atoms with Crippen LogP contribution in [0.25, 0.3) is 22.6 Å². The molecule has 2 aromatic carbocycles. The van der Waals surface area contributed by atoms with Gasteiger partial charge in [-0.05, 0) is 48.7 Å². The van der Waals surface area contributed by atoms with E-state index in [-0.39, 0.29) is 0 Å². The third-order valence-corrected chi connectivity index (χ3v) is 4.17. The van der Waals surface area contributed by atoms with Crippen LogP contribution >= 0.6 is 15.9 Å². The van der Waals surface area contributed by atoms with Gasteiger partial charge in [-0.25, -0.2) is 4.98 Å². The monoisotopic (exact) mass is 328 g/mol. The van der Waals surface area contributed by atoms with E-state index < -0.39 is 0 Å². The minimum absolute atomic E-state index is 0.707. The molecule has 2 heterocycles. The van der Waals surface area contributed by atoms with Gasteiger partial charge in [-0.15, -0.1) is 0 Å². The molecular formula is C16H13BrN2O. The molecule has 0 radical (unpaired) electrons. The van der Waals surface area contributed by atoms with Gasteiger partial charge in [0.2, 0.25) is 5.89 Å². The highest BCUT2D eigenvalue weighted by Gasteiger charge is 2.17. The first kappa shape index (κ1) is 12.0. The van der Waals surface area contributed by atoms with Gasteiger partial charge in [0.25, 0.3) is 0 Å². The summed E-state index contributed by atoms with van der Waals surface area (Å²) in [5, 5.41) is 3.44. The highest BCUT2D eigenvalue weighted by atomic mass is 79.9. The maximum Gasteiger partial charge on any atom is 0.227 e. The Hall–Kier alpha value is -1.81. The van der Waals surface area contributed by atoms with Crippen LogP contribution in [0.5, 0.6) is 0 Å². The standard InChI is InChI=1S/C16H13BrN2O/c17-10-6-7-15-14(9-10)19-16(20-15)12-3-1-5-13-11(12)4-2-8-18-13/h1,3,5-7,9,18H,2,4,8H2. The van der Waals surface area contributed by atoms with E-state index in [0.717, 1.165) is 40.5 Å². The zero-order valence-electron chi connectivity index (χ0n) is 10.8. The van der Waals surface area contributed by atoms with Crippen molar-refractivity contribution in [2.45, 2.75) is 12.8 Å². The van der Waals surface area contributed by atoms with Crippen LogP contribution in [0.3, 0.4) is 0 Å².